The Hall–Kier alpha value is -2.32. The molecule has 160 valence electrons. The maximum absolute atomic E-state index is 12.9. The number of hydrogen-bond donors (Lipinski definition) is 2. The van der Waals surface area contributed by atoms with Gasteiger partial charge in [-0.1, -0.05) is 13.8 Å². The maximum Gasteiger partial charge on any atom is 0.408 e. The highest BCUT2D eigenvalue weighted by molar-refractivity contribution is 5.92. The summed E-state index contributed by atoms with van der Waals surface area (Å²) in [7, 11) is 1.24. The van der Waals surface area contributed by atoms with Gasteiger partial charge in [0.05, 0.1) is 7.11 Å². The number of esters is 1. The molecular formula is C19H33N3O6. The highest BCUT2D eigenvalue weighted by Crippen LogP contribution is 2.38. The van der Waals surface area contributed by atoms with Crippen LogP contribution in [0, 0.1) is 5.41 Å². The molecule has 1 saturated heterocycles. The summed E-state index contributed by atoms with van der Waals surface area (Å²) in [6.45, 7) is 10.3. The van der Waals surface area contributed by atoms with Gasteiger partial charge in [0.1, 0.15) is 24.7 Å². The van der Waals surface area contributed by atoms with Crippen LogP contribution in [0.2, 0.25) is 0 Å². The summed E-state index contributed by atoms with van der Waals surface area (Å²) in [5.41, 5.74) is -1.17. The normalized spacial score (nSPS) is 21.5. The first-order valence-corrected chi connectivity index (χ1v) is 9.41. The Kier molecular flexibility index (Phi) is 7.84. The van der Waals surface area contributed by atoms with E-state index in [1.165, 1.54) is 12.0 Å². The van der Waals surface area contributed by atoms with Crippen molar-refractivity contribution in [2.24, 2.45) is 5.41 Å². The number of rotatable bonds is 5. The second-order valence-electron chi connectivity index (χ2n) is 8.73. The van der Waals surface area contributed by atoms with Crippen LogP contribution in [0.25, 0.3) is 0 Å². The Labute approximate surface area is 166 Å². The number of ether oxygens (including phenoxy) is 2. The molecule has 1 heterocycles. The molecule has 1 aliphatic rings. The number of alkyl carbamates (subject to hydrolysis) is 1. The topological polar surface area (TPSA) is 114 Å². The fraction of sp³-hybridized carbons (Fsp3) is 0.789. The number of nitrogens with one attached hydrogen (secondary N) is 2. The minimum atomic E-state index is -0.770. The number of carbonyl (C=O) groups is 4. The molecule has 0 bridgehead atoms. The number of methoxy groups -OCH3 is 1. The van der Waals surface area contributed by atoms with Crippen molar-refractivity contribution in [3.63, 3.8) is 0 Å². The molecule has 0 unspecified atom stereocenters. The summed E-state index contributed by atoms with van der Waals surface area (Å²) in [6, 6.07) is -0.955. The molecule has 9 heteroatoms. The standard InChI is InChI=1S/C19H33N3O6/c1-12-8-9-19(5,6)15(16(25)20-11-14(24)27-7)22(12)13(23)10-21-17(26)28-18(2,3)4/h12,15H,8-11H2,1-7H3,(H,20,25)(H,21,26)/t12-,15-/m1/s1. The van der Waals surface area contributed by atoms with Crippen molar-refractivity contribution in [3.8, 4) is 0 Å². The fourth-order valence-electron chi connectivity index (χ4n) is 3.24. The van der Waals surface area contributed by atoms with Crippen LogP contribution in [-0.2, 0) is 23.9 Å². The minimum absolute atomic E-state index is 0.185. The molecule has 28 heavy (non-hydrogen) atoms. The van der Waals surface area contributed by atoms with E-state index in [0.717, 1.165) is 12.8 Å². The highest BCUT2D eigenvalue weighted by Gasteiger charge is 2.47. The van der Waals surface area contributed by atoms with Crippen LogP contribution in [0.5, 0.6) is 0 Å². The lowest BCUT2D eigenvalue weighted by Gasteiger charge is -2.48. The lowest BCUT2D eigenvalue weighted by atomic mass is 9.74. The summed E-state index contributed by atoms with van der Waals surface area (Å²) >= 11 is 0. The van der Waals surface area contributed by atoms with E-state index in [1.54, 1.807) is 20.8 Å². The molecule has 0 aliphatic carbocycles. The molecule has 0 saturated carbocycles. The third-order valence-corrected chi connectivity index (χ3v) is 4.65. The number of carbonyl (C=O) groups excluding carboxylic acids is 4. The van der Waals surface area contributed by atoms with Gasteiger partial charge < -0.3 is 25.0 Å². The zero-order chi connectivity index (χ0) is 21.7. The van der Waals surface area contributed by atoms with Gasteiger partial charge in [-0.3, -0.25) is 14.4 Å². The second kappa shape index (κ2) is 9.25. The molecule has 0 aromatic heterocycles. The Morgan fingerprint density at radius 3 is 2.25 bits per heavy atom. The average Bonchev–Trinajstić information content (AvgIpc) is 2.57. The van der Waals surface area contributed by atoms with Gasteiger partial charge in [0, 0.05) is 6.04 Å². The largest absolute Gasteiger partial charge is 0.468 e. The molecule has 1 aliphatic heterocycles. The zero-order valence-electron chi connectivity index (χ0n) is 17.9. The number of nitrogens with zero attached hydrogens (tertiary/aromatic N) is 1. The van der Waals surface area contributed by atoms with Crippen molar-refractivity contribution in [3.05, 3.63) is 0 Å². The first kappa shape index (κ1) is 23.7. The van der Waals surface area contributed by atoms with E-state index in [1.807, 2.05) is 20.8 Å². The Morgan fingerprint density at radius 1 is 1.11 bits per heavy atom. The Balaban J connectivity index is 2.90. The molecule has 2 atom stereocenters. The van der Waals surface area contributed by atoms with E-state index in [-0.39, 0.29) is 25.0 Å². The highest BCUT2D eigenvalue weighted by atomic mass is 16.6. The van der Waals surface area contributed by atoms with Crippen molar-refractivity contribution in [1.82, 2.24) is 15.5 Å². The number of amides is 3. The SMILES string of the molecule is COC(=O)CNC(=O)[C@H]1N(C(=O)CNC(=O)OC(C)(C)C)[C@H](C)CCC1(C)C. The Bertz CT molecular complexity index is 611. The predicted octanol–water partition coefficient (Wildman–Crippen LogP) is 1.21. The van der Waals surface area contributed by atoms with Crippen LogP contribution in [0.1, 0.15) is 54.4 Å². The van der Waals surface area contributed by atoms with Crippen molar-refractivity contribution in [2.45, 2.75) is 72.1 Å². The lowest BCUT2D eigenvalue weighted by Crippen LogP contribution is -2.63. The second-order valence-corrected chi connectivity index (χ2v) is 8.73. The molecule has 9 nitrogen and oxygen atoms in total. The van der Waals surface area contributed by atoms with Crippen LogP contribution < -0.4 is 10.6 Å². The molecule has 1 fully saturated rings. The van der Waals surface area contributed by atoms with Crippen LogP contribution >= 0.6 is 0 Å². The van der Waals surface area contributed by atoms with Crippen LogP contribution in [0.3, 0.4) is 0 Å². The van der Waals surface area contributed by atoms with E-state index in [0.29, 0.717) is 0 Å². The van der Waals surface area contributed by atoms with Gasteiger partial charge in [-0.25, -0.2) is 4.79 Å². The fourth-order valence-corrected chi connectivity index (χ4v) is 3.24. The molecule has 0 aromatic carbocycles. The van der Waals surface area contributed by atoms with Crippen molar-refractivity contribution < 1.29 is 28.7 Å². The first-order chi connectivity index (χ1) is 12.8. The van der Waals surface area contributed by atoms with Gasteiger partial charge in [-0.05, 0) is 46.0 Å². The smallest absolute Gasteiger partial charge is 0.408 e. The molecule has 2 N–H and O–H groups in total. The molecule has 0 radical (unpaired) electrons. The van der Waals surface area contributed by atoms with Gasteiger partial charge >= 0.3 is 12.1 Å². The summed E-state index contributed by atoms with van der Waals surface area (Å²) in [5, 5.41) is 4.99. The van der Waals surface area contributed by atoms with Crippen molar-refractivity contribution >= 4 is 23.9 Å². The van der Waals surface area contributed by atoms with Crippen molar-refractivity contribution in [2.75, 3.05) is 20.2 Å². The number of piperidine rings is 1. The predicted molar refractivity (Wildman–Crippen MR) is 102 cm³/mol. The van der Waals surface area contributed by atoms with E-state index in [9.17, 15) is 19.2 Å². The van der Waals surface area contributed by atoms with Gasteiger partial charge in [-0.2, -0.15) is 0 Å². The van der Waals surface area contributed by atoms with Gasteiger partial charge in [0.15, 0.2) is 0 Å². The third kappa shape index (κ3) is 6.69. The molecule has 3 amide bonds. The summed E-state index contributed by atoms with van der Waals surface area (Å²) in [5.74, 6) is -1.38. The summed E-state index contributed by atoms with van der Waals surface area (Å²) < 4.78 is 9.69. The van der Waals surface area contributed by atoms with Crippen LogP contribution in [0.4, 0.5) is 4.79 Å². The number of hydrogen-bond acceptors (Lipinski definition) is 6. The van der Waals surface area contributed by atoms with E-state index < -0.39 is 35.0 Å². The van der Waals surface area contributed by atoms with Gasteiger partial charge in [0.2, 0.25) is 11.8 Å². The van der Waals surface area contributed by atoms with E-state index >= 15 is 0 Å². The van der Waals surface area contributed by atoms with Gasteiger partial charge in [0.25, 0.3) is 0 Å². The number of likely N-dealkylation sites (tertiary alicyclic amines) is 1. The van der Waals surface area contributed by atoms with Gasteiger partial charge in [-0.15, -0.1) is 0 Å². The van der Waals surface area contributed by atoms with Crippen molar-refractivity contribution in [1.29, 1.82) is 0 Å². The zero-order valence-corrected chi connectivity index (χ0v) is 17.9. The van der Waals surface area contributed by atoms with Crippen LogP contribution in [-0.4, -0.2) is 66.7 Å². The Morgan fingerprint density at radius 2 is 1.71 bits per heavy atom. The average molecular weight is 399 g/mol. The monoisotopic (exact) mass is 399 g/mol. The maximum atomic E-state index is 12.9. The van der Waals surface area contributed by atoms with E-state index in [2.05, 4.69) is 15.4 Å². The minimum Gasteiger partial charge on any atom is -0.468 e. The third-order valence-electron chi connectivity index (χ3n) is 4.65. The molecule has 0 spiro atoms. The summed E-state index contributed by atoms with van der Waals surface area (Å²) in [6.07, 6.45) is 0.774. The molecule has 1 rings (SSSR count). The molecule has 0 aromatic rings. The lowest BCUT2D eigenvalue weighted by molar-refractivity contribution is -0.152. The first-order valence-electron chi connectivity index (χ1n) is 9.41. The molecular weight excluding hydrogens is 366 g/mol. The quantitative estimate of drug-likeness (QED) is 0.672. The van der Waals surface area contributed by atoms with E-state index in [4.69, 9.17) is 4.74 Å². The summed E-state index contributed by atoms with van der Waals surface area (Å²) in [4.78, 5) is 50.3. The van der Waals surface area contributed by atoms with Crippen LogP contribution in [0.15, 0.2) is 0 Å².